The van der Waals surface area contributed by atoms with Crippen molar-refractivity contribution in [2.24, 2.45) is 0 Å². The average molecular weight is 286 g/mol. The SMILES string of the molecule is Cc1cc(NS(=O)(=O)c2cc(C(=O)O)oc2C)no1. The van der Waals surface area contributed by atoms with Crippen LogP contribution in [0.4, 0.5) is 5.82 Å². The number of nitrogens with zero attached hydrogens (tertiary/aromatic N) is 1. The average Bonchev–Trinajstić information content (AvgIpc) is 2.85. The highest BCUT2D eigenvalue weighted by Crippen LogP contribution is 2.22. The summed E-state index contributed by atoms with van der Waals surface area (Å²) in [5.74, 6) is -1.37. The summed E-state index contributed by atoms with van der Waals surface area (Å²) in [7, 11) is -3.97. The van der Waals surface area contributed by atoms with E-state index in [2.05, 4.69) is 9.88 Å². The number of anilines is 1. The minimum absolute atomic E-state index is 0.00924. The Kier molecular flexibility index (Phi) is 3.06. The third-order valence-electron chi connectivity index (χ3n) is 2.24. The topological polar surface area (TPSA) is 123 Å². The summed E-state index contributed by atoms with van der Waals surface area (Å²) in [6, 6.07) is 2.33. The monoisotopic (exact) mass is 286 g/mol. The molecule has 0 aliphatic heterocycles. The molecule has 102 valence electrons. The van der Waals surface area contributed by atoms with Crippen molar-refractivity contribution in [3.63, 3.8) is 0 Å². The molecule has 19 heavy (non-hydrogen) atoms. The van der Waals surface area contributed by atoms with Crippen LogP contribution in [0.15, 0.2) is 26.0 Å². The Bertz CT molecular complexity index is 727. The molecule has 0 atom stereocenters. The molecule has 2 N–H and O–H groups in total. The Balaban J connectivity index is 2.37. The molecule has 9 heteroatoms. The molecule has 2 rings (SSSR count). The summed E-state index contributed by atoms with van der Waals surface area (Å²) in [4.78, 5) is 10.5. The summed E-state index contributed by atoms with van der Waals surface area (Å²) in [5, 5.41) is 12.2. The summed E-state index contributed by atoms with van der Waals surface area (Å²) >= 11 is 0. The van der Waals surface area contributed by atoms with E-state index in [1.807, 2.05) is 0 Å². The third kappa shape index (κ3) is 2.60. The number of rotatable bonds is 4. The number of nitrogens with one attached hydrogen (secondary N) is 1. The lowest BCUT2D eigenvalue weighted by atomic mass is 10.4. The summed E-state index contributed by atoms with van der Waals surface area (Å²) in [6.07, 6.45) is 0. The third-order valence-corrected chi connectivity index (χ3v) is 3.70. The highest BCUT2D eigenvalue weighted by molar-refractivity contribution is 7.92. The molecule has 0 saturated heterocycles. The Morgan fingerprint density at radius 1 is 1.37 bits per heavy atom. The number of hydrogen-bond acceptors (Lipinski definition) is 6. The van der Waals surface area contributed by atoms with Crippen molar-refractivity contribution in [1.29, 1.82) is 0 Å². The minimum Gasteiger partial charge on any atom is -0.475 e. The van der Waals surface area contributed by atoms with Crippen LogP contribution in [0.1, 0.15) is 22.1 Å². The van der Waals surface area contributed by atoms with Crippen molar-refractivity contribution in [3.05, 3.63) is 29.4 Å². The first-order chi connectivity index (χ1) is 8.79. The fourth-order valence-electron chi connectivity index (χ4n) is 1.44. The van der Waals surface area contributed by atoms with E-state index < -0.39 is 21.8 Å². The summed E-state index contributed by atoms with van der Waals surface area (Å²) in [5.41, 5.74) is 0. The van der Waals surface area contributed by atoms with Crippen LogP contribution in [-0.2, 0) is 10.0 Å². The predicted octanol–water partition coefficient (Wildman–Crippen LogP) is 1.38. The first kappa shape index (κ1) is 13.1. The molecule has 2 aromatic rings. The van der Waals surface area contributed by atoms with Gasteiger partial charge in [-0.2, -0.15) is 0 Å². The largest absolute Gasteiger partial charge is 0.475 e. The smallest absolute Gasteiger partial charge is 0.371 e. The predicted molar refractivity (Wildman–Crippen MR) is 62.5 cm³/mol. The minimum atomic E-state index is -3.97. The molecule has 0 amide bonds. The van der Waals surface area contributed by atoms with E-state index >= 15 is 0 Å². The molecule has 2 heterocycles. The second-order valence-corrected chi connectivity index (χ2v) is 5.42. The number of carbonyl (C=O) groups is 1. The molecule has 0 aromatic carbocycles. The van der Waals surface area contributed by atoms with E-state index in [9.17, 15) is 13.2 Å². The molecule has 0 aliphatic carbocycles. The quantitative estimate of drug-likeness (QED) is 0.870. The Labute approximate surface area is 108 Å². The molecule has 8 nitrogen and oxygen atoms in total. The summed E-state index contributed by atoms with van der Waals surface area (Å²) in [6.45, 7) is 2.96. The van der Waals surface area contributed by atoms with Crippen LogP contribution >= 0.6 is 0 Å². The van der Waals surface area contributed by atoms with Gasteiger partial charge < -0.3 is 14.0 Å². The van der Waals surface area contributed by atoms with Gasteiger partial charge >= 0.3 is 5.97 Å². The normalized spacial score (nSPS) is 11.5. The summed E-state index contributed by atoms with van der Waals surface area (Å²) < 4.78 is 35.8. The molecule has 0 fully saturated rings. The van der Waals surface area contributed by atoms with Gasteiger partial charge in [-0.05, 0) is 13.8 Å². The Morgan fingerprint density at radius 3 is 2.53 bits per heavy atom. The van der Waals surface area contributed by atoms with E-state index in [1.165, 1.54) is 13.0 Å². The van der Waals surface area contributed by atoms with Crippen molar-refractivity contribution in [2.75, 3.05) is 4.72 Å². The number of carboxylic acid groups (broad SMARTS) is 1. The molecular weight excluding hydrogens is 276 g/mol. The second kappa shape index (κ2) is 4.43. The van der Waals surface area contributed by atoms with Gasteiger partial charge in [0.1, 0.15) is 16.4 Å². The zero-order valence-electron chi connectivity index (χ0n) is 10.00. The van der Waals surface area contributed by atoms with Gasteiger partial charge in [0.2, 0.25) is 5.76 Å². The lowest BCUT2D eigenvalue weighted by Gasteiger charge is -2.02. The first-order valence-electron chi connectivity index (χ1n) is 5.09. The molecule has 0 bridgehead atoms. The number of sulfonamides is 1. The molecule has 0 radical (unpaired) electrons. The molecule has 0 aliphatic rings. The van der Waals surface area contributed by atoms with E-state index in [4.69, 9.17) is 14.0 Å². The van der Waals surface area contributed by atoms with E-state index in [-0.39, 0.29) is 16.5 Å². The van der Waals surface area contributed by atoms with Crippen molar-refractivity contribution in [1.82, 2.24) is 5.16 Å². The zero-order chi connectivity index (χ0) is 14.2. The van der Waals surface area contributed by atoms with Crippen molar-refractivity contribution < 1.29 is 27.3 Å². The molecule has 0 saturated carbocycles. The van der Waals surface area contributed by atoms with Crippen molar-refractivity contribution in [2.45, 2.75) is 18.7 Å². The molecule has 2 aromatic heterocycles. The van der Waals surface area contributed by atoms with Gasteiger partial charge in [0, 0.05) is 12.1 Å². The van der Waals surface area contributed by atoms with Crippen molar-refractivity contribution in [3.8, 4) is 0 Å². The van der Waals surface area contributed by atoms with Crippen LogP contribution in [0.2, 0.25) is 0 Å². The van der Waals surface area contributed by atoms with Gasteiger partial charge in [-0.15, -0.1) is 0 Å². The lowest BCUT2D eigenvalue weighted by molar-refractivity contribution is 0.0661. The first-order valence-corrected chi connectivity index (χ1v) is 6.58. The maximum absolute atomic E-state index is 12.0. The maximum atomic E-state index is 12.0. The Hall–Kier alpha value is -2.29. The Morgan fingerprint density at radius 2 is 2.05 bits per heavy atom. The molecule has 0 unspecified atom stereocenters. The van der Waals surface area contributed by atoms with Gasteiger partial charge in [-0.1, -0.05) is 5.16 Å². The van der Waals surface area contributed by atoms with Crippen LogP contribution < -0.4 is 4.72 Å². The number of carboxylic acids is 1. The van der Waals surface area contributed by atoms with Gasteiger partial charge in [-0.25, -0.2) is 13.2 Å². The number of furan rings is 1. The maximum Gasteiger partial charge on any atom is 0.371 e. The van der Waals surface area contributed by atoms with E-state index in [0.717, 1.165) is 6.07 Å². The number of aromatic nitrogens is 1. The second-order valence-electron chi connectivity index (χ2n) is 3.76. The van der Waals surface area contributed by atoms with Crippen molar-refractivity contribution >= 4 is 21.8 Å². The fourth-order valence-corrected chi connectivity index (χ4v) is 2.61. The zero-order valence-corrected chi connectivity index (χ0v) is 10.8. The highest BCUT2D eigenvalue weighted by atomic mass is 32.2. The lowest BCUT2D eigenvalue weighted by Crippen LogP contribution is -2.13. The van der Waals surface area contributed by atoms with Crippen LogP contribution in [0.25, 0.3) is 0 Å². The fraction of sp³-hybridized carbons (Fsp3) is 0.200. The van der Waals surface area contributed by atoms with Gasteiger partial charge in [0.25, 0.3) is 10.0 Å². The van der Waals surface area contributed by atoms with Crippen LogP contribution in [0.3, 0.4) is 0 Å². The van der Waals surface area contributed by atoms with Gasteiger partial charge in [0.15, 0.2) is 5.82 Å². The van der Waals surface area contributed by atoms with Gasteiger partial charge in [-0.3, -0.25) is 4.72 Å². The number of aryl methyl sites for hydroxylation is 2. The van der Waals surface area contributed by atoms with Gasteiger partial charge in [0.05, 0.1) is 0 Å². The van der Waals surface area contributed by atoms with Crippen LogP contribution in [0.5, 0.6) is 0 Å². The van der Waals surface area contributed by atoms with Crippen LogP contribution in [0, 0.1) is 13.8 Å². The standard InChI is InChI=1S/C10H10N2O6S/c1-5-3-9(11-18-5)12-19(15,16)8-4-7(10(13)14)17-6(8)2/h3-4H,1-2H3,(H,11,12)(H,13,14). The van der Waals surface area contributed by atoms with Crippen LogP contribution in [-0.4, -0.2) is 24.7 Å². The van der Waals surface area contributed by atoms with E-state index in [0.29, 0.717) is 5.76 Å². The highest BCUT2D eigenvalue weighted by Gasteiger charge is 2.24. The van der Waals surface area contributed by atoms with E-state index in [1.54, 1.807) is 6.92 Å². The molecule has 0 spiro atoms. The molecular formula is C10H10N2O6S. The number of aromatic carboxylic acids is 1. The number of hydrogen-bond donors (Lipinski definition) is 2.